The zero-order valence-corrected chi connectivity index (χ0v) is 13.0. The van der Waals surface area contributed by atoms with Gasteiger partial charge in [0, 0.05) is 6.54 Å². The summed E-state index contributed by atoms with van der Waals surface area (Å²) in [7, 11) is 0. The first-order valence-electron chi connectivity index (χ1n) is 6.68. The van der Waals surface area contributed by atoms with Crippen LogP contribution in [-0.4, -0.2) is 9.78 Å². The molecule has 0 aliphatic heterocycles. The standard InChI is InChI=1S/C13H23BrN4/c1-4-18-12(10(14)8-16-18)11(17-15)9-6-5-7-13(9,2)3/h8-9,11,17H,4-7,15H2,1-3H3. The first kappa shape index (κ1) is 14.0. The van der Waals surface area contributed by atoms with E-state index in [0.717, 1.165) is 11.0 Å². The fourth-order valence-electron chi connectivity index (χ4n) is 3.29. The lowest BCUT2D eigenvalue weighted by atomic mass is 9.76. The summed E-state index contributed by atoms with van der Waals surface area (Å²) in [4.78, 5) is 0. The highest BCUT2D eigenvalue weighted by molar-refractivity contribution is 9.10. The molecule has 0 aromatic carbocycles. The number of hydrogen-bond donors (Lipinski definition) is 2. The average Bonchev–Trinajstić information content (AvgIpc) is 2.85. The summed E-state index contributed by atoms with van der Waals surface area (Å²) >= 11 is 3.61. The van der Waals surface area contributed by atoms with Gasteiger partial charge in [-0.05, 0) is 47.0 Å². The molecule has 2 unspecified atom stereocenters. The van der Waals surface area contributed by atoms with Gasteiger partial charge in [-0.15, -0.1) is 0 Å². The molecule has 4 nitrogen and oxygen atoms in total. The minimum atomic E-state index is 0.166. The zero-order chi connectivity index (χ0) is 13.3. The molecule has 102 valence electrons. The monoisotopic (exact) mass is 314 g/mol. The Kier molecular flexibility index (Phi) is 4.14. The van der Waals surface area contributed by atoms with E-state index in [2.05, 4.69) is 47.2 Å². The first-order valence-corrected chi connectivity index (χ1v) is 7.48. The van der Waals surface area contributed by atoms with E-state index in [1.165, 1.54) is 25.0 Å². The molecule has 1 aromatic rings. The van der Waals surface area contributed by atoms with Crippen LogP contribution in [-0.2, 0) is 6.54 Å². The molecule has 3 N–H and O–H groups in total. The molecule has 1 aromatic heterocycles. The zero-order valence-electron chi connectivity index (χ0n) is 11.4. The van der Waals surface area contributed by atoms with E-state index >= 15 is 0 Å². The minimum Gasteiger partial charge on any atom is -0.271 e. The third-order valence-corrected chi connectivity index (χ3v) is 4.96. The van der Waals surface area contributed by atoms with Crippen LogP contribution >= 0.6 is 15.9 Å². The van der Waals surface area contributed by atoms with Gasteiger partial charge in [0.05, 0.1) is 22.4 Å². The Labute approximate surface area is 117 Å². The van der Waals surface area contributed by atoms with Crippen LogP contribution in [0.5, 0.6) is 0 Å². The fourth-order valence-corrected chi connectivity index (χ4v) is 3.83. The quantitative estimate of drug-likeness (QED) is 0.663. The third-order valence-electron chi connectivity index (χ3n) is 4.35. The molecule has 0 saturated heterocycles. The maximum absolute atomic E-state index is 5.85. The number of nitrogens with one attached hydrogen (secondary N) is 1. The number of rotatable bonds is 4. The van der Waals surface area contributed by atoms with Gasteiger partial charge < -0.3 is 0 Å². The van der Waals surface area contributed by atoms with Crippen molar-refractivity contribution in [1.82, 2.24) is 15.2 Å². The highest BCUT2D eigenvalue weighted by Gasteiger charge is 2.41. The van der Waals surface area contributed by atoms with Crippen molar-refractivity contribution in [2.45, 2.75) is 52.6 Å². The summed E-state index contributed by atoms with van der Waals surface area (Å²) < 4.78 is 3.08. The normalized spacial score (nSPS) is 24.4. The second-order valence-electron chi connectivity index (χ2n) is 5.83. The van der Waals surface area contributed by atoms with Crippen LogP contribution in [0.3, 0.4) is 0 Å². The predicted octanol–water partition coefficient (Wildman–Crippen LogP) is 3.00. The molecule has 0 spiro atoms. The highest BCUT2D eigenvalue weighted by Crippen LogP contribution is 2.49. The number of hydrazine groups is 1. The van der Waals surface area contributed by atoms with E-state index < -0.39 is 0 Å². The van der Waals surface area contributed by atoms with Crippen LogP contribution in [0.25, 0.3) is 0 Å². The summed E-state index contributed by atoms with van der Waals surface area (Å²) in [5, 5.41) is 4.40. The lowest BCUT2D eigenvalue weighted by Crippen LogP contribution is -2.39. The van der Waals surface area contributed by atoms with Crippen molar-refractivity contribution in [2.24, 2.45) is 17.2 Å². The Morgan fingerprint density at radius 3 is 2.89 bits per heavy atom. The van der Waals surface area contributed by atoms with Gasteiger partial charge in [0.15, 0.2) is 0 Å². The molecule has 1 aliphatic rings. The fraction of sp³-hybridized carbons (Fsp3) is 0.769. The Hall–Kier alpha value is -0.390. The molecule has 1 heterocycles. The molecular formula is C13H23BrN4. The van der Waals surface area contributed by atoms with E-state index in [-0.39, 0.29) is 6.04 Å². The SMILES string of the molecule is CCn1ncc(Br)c1C(NN)C1CCCC1(C)C. The summed E-state index contributed by atoms with van der Waals surface area (Å²) in [5.74, 6) is 6.40. The van der Waals surface area contributed by atoms with E-state index in [4.69, 9.17) is 5.84 Å². The van der Waals surface area contributed by atoms with Crippen molar-refractivity contribution in [2.75, 3.05) is 0 Å². The lowest BCUT2D eigenvalue weighted by Gasteiger charge is -2.34. The smallest absolute Gasteiger partial charge is 0.0712 e. The Morgan fingerprint density at radius 1 is 1.67 bits per heavy atom. The molecular weight excluding hydrogens is 292 g/mol. The average molecular weight is 315 g/mol. The maximum atomic E-state index is 5.85. The number of halogens is 1. The van der Waals surface area contributed by atoms with Crippen molar-refractivity contribution < 1.29 is 0 Å². The van der Waals surface area contributed by atoms with Gasteiger partial charge in [-0.3, -0.25) is 16.0 Å². The van der Waals surface area contributed by atoms with Crippen molar-refractivity contribution in [3.8, 4) is 0 Å². The van der Waals surface area contributed by atoms with Gasteiger partial charge in [-0.1, -0.05) is 20.3 Å². The molecule has 1 aliphatic carbocycles. The summed E-state index contributed by atoms with van der Waals surface area (Å²) in [6, 6.07) is 0.166. The van der Waals surface area contributed by atoms with Crippen LogP contribution in [0, 0.1) is 11.3 Å². The first-order chi connectivity index (χ1) is 8.51. The number of nitrogens with zero attached hydrogens (tertiary/aromatic N) is 2. The number of hydrogen-bond acceptors (Lipinski definition) is 3. The molecule has 5 heteroatoms. The molecule has 2 atom stereocenters. The van der Waals surface area contributed by atoms with Crippen molar-refractivity contribution in [3.63, 3.8) is 0 Å². The molecule has 1 fully saturated rings. The lowest BCUT2D eigenvalue weighted by molar-refractivity contribution is 0.191. The molecule has 18 heavy (non-hydrogen) atoms. The van der Waals surface area contributed by atoms with E-state index in [1.807, 2.05) is 10.9 Å². The van der Waals surface area contributed by atoms with Crippen molar-refractivity contribution in [1.29, 1.82) is 0 Å². The number of aryl methyl sites for hydroxylation is 1. The van der Waals surface area contributed by atoms with Gasteiger partial charge in [0.2, 0.25) is 0 Å². The molecule has 0 bridgehead atoms. The van der Waals surface area contributed by atoms with Gasteiger partial charge in [-0.2, -0.15) is 5.10 Å². The van der Waals surface area contributed by atoms with Gasteiger partial charge >= 0.3 is 0 Å². The number of nitrogens with two attached hydrogens (primary N) is 1. The van der Waals surface area contributed by atoms with Crippen LogP contribution in [0.1, 0.15) is 51.8 Å². The predicted molar refractivity (Wildman–Crippen MR) is 76.8 cm³/mol. The summed E-state index contributed by atoms with van der Waals surface area (Å²) in [6.45, 7) is 7.66. The number of aromatic nitrogens is 2. The summed E-state index contributed by atoms with van der Waals surface area (Å²) in [5.41, 5.74) is 4.54. The molecule has 0 radical (unpaired) electrons. The Balaban J connectivity index is 2.36. The van der Waals surface area contributed by atoms with Crippen LogP contribution < -0.4 is 11.3 Å². The van der Waals surface area contributed by atoms with Crippen molar-refractivity contribution in [3.05, 3.63) is 16.4 Å². The third kappa shape index (κ3) is 2.36. The van der Waals surface area contributed by atoms with Crippen LogP contribution in [0.4, 0.5) is 0 Å². The topological polar surface area (TPSA) is 55.9 Å². The Bertz CT molecular complexity index is 413. The van der Waals surface area contributed by atoms with Crippen molar-refractivity contribution >= 4 is 15.9 Å². The molecule has 2 rings (SSSR count). The van der Waals surface area contributed by atoms with E-state index in [1.54, 1.807) is 0 Å². The largest absolute Gasteiger partial charge is 0.271 e. The second kappa shape index (κ2) is 5.31. The highest BCUT2D eigenvalue weighted by atomic mass is 79.9. The van der Waals surface area contributed by atoms with Gasteiger partial charge in [0.25, 0.3) is 0 Å². The Morgan fingerprint density at radius 2 is 2.39 bits per heavy atom. The van der Waals surface area contributed by atoms with Gasteiger partial charge in [0.1, 0.15) is 0 Å². The summed E-state index contributed by atoms with van der Waals surface area (Å²) in [6.07, 6.45) is 5.65. The maximum Gasteiger partial charge on any atom is 0.0712 e. The van der Waals surface area contributed by atoms with Gasteiger partial charge in [-0.25, -0.2) is 0 Å². The second-order valence-corrected chi connectivity index (χ2v) is 6.68. The van der Waals surface area contributed by atoms with Crippen LogP contribution in [0.15, 0.2) is 10.7 Å². The molecule has 0 amide bonds. The van der Waals surface area contributed by atoms with Crippen LogP contribution in [0.2, 0.25) is 0 Å². The molecule has 1 saturated carbocycles. The minimum absolute atomic E-state index is 0.166. The van der Waals surface area contributed by atoms with E-state index in [9.17, 15) is 0 Å². The van der Waals surface area contributed by atoms with E-state index in [0.29, 0.717) is 11.3 Å².